The Balaban J connectivity index is 2.19. The van der Waals surface area contributed by atoms with Gasteiger partial charge in [0.25, 0.3) is 0 Å². The second-order valence-electron chi connectivity index (χ2n) is 5.75. The van der Waals surface area contributed by atoms with Gasteiger partial charge in [0.2, 0.25) is 0 Å². The Hall–Kier alpha value is -2.22. The van der Waals surface area contributed by atoms with Gasteiger partial charge < -0.3 is 35.5 Å². The number of hydrogen-bond acceptors (Lipinski definition) is 8. The van der Waals surface area contributed by atoms with Crippen molar-refractivity contribution in [1.29, 1.82) is 0 Å². The molecule has 3 heterocycles. The van der Waals surface area contributed by atoms with E-state index >= 15 is 0 Å². The zero-order chi connectivity index (χ0) is 17.5. The summed E-state index contributed by atoms with van der Waals surface area (Å²) in [5.74, 6) is 5.47. The van der Waals surface area contributed by atoms with Crippen LogP contribution in [0.2, 0.25) is 0 Å². The van der Waals surface area contributed by atoms with Gasteiger partial charge in [0.15, 0.2) is 6.23 Å². The number of rotatable bonds is 2. The number of aliphatic hydroxyl groups excluding tert-OH is 3. The van der Waals surface area contributed by atoms with Gasteiger partial charge >= 0.3 is 0 Å². The van der Waals surface area contributed by atoms with E-state index in [0.717, 1.165) is 0 Å². The summed E-state index contributed by atoms with van der Waals surface area (Å²) in [4.78, 5) is 8.09. The maximum Gasteiger partial charge on any atom is 0.167 e. The van der Waals surface area contributed by atoms with Gasteiger partial charge in [-0.1, -0.05) is 11.8 Å². The molecule has 1 aliphatic heterocycles. The van der Waals surface area contributed by atoms with E-state index in [-0.39, 0.29) is 12.4 Å². The van der Waals surface area contributed by atoms with Crippen LogP contribution in [0.3, 0.4) is 0 Å². The van der Waals surface area contributed by atoms with Crippen molar-refractivity contribution in [3.8, 4) is 11.8 Å². The Morgan fingerprint density at radius 3 is 2.79 bits per heavy atom. The van der Waals surface area contributed by atoms with Crippen LogP contribution in [0.15, 0.2) is 12.5 Å². The SMILES string of the molecule is C[C@@]1(O)[C@H](O)[C@@H](CO)O[C@H]1n1cc(C#CCO)c2c(N)ncnc21. The number of anilines is 1. The molecule has 9 heteroatoms. The molecule has 0 bridgehead atoms. The highest BCUT2D eigenvalue weighted by Crippen LogP contribution is 2.40. The quantitative estimate of drug-likeness (QED) is 0.411. The number of aliphatic hydroxyl groups is 4. The Morgan fingerprint density at radius 1 is 1.42 bits per heavy atom. The third-order valence-electron chi connectivity index (χ3n) is 4.13. The maximum absolute atomic E-state index is 10.6. The monoisotopic (exact) mass is 334 g/mol. The third-order valence-corrected chi connectivity index (χ3v) is 4.13. The molecule has 9 nitrogen and oxygen atoms in total. The topological polar surface area (TPSA) is 147 Å². The Kier molecular flexibility index (Phi) is 4.16. The fraction of sp³-hybridized carbons (Fsp3) is 0.467. The summed E-state index contributed by atoms with van der Waals surface area (Å²) in [6.45, 7) is 0.637. The Morgan fingerprint density at radius 2 is 2.17 bits per heavy atom. The summed E-state index contributed by atoms with van der Waals surface area (Å²) in [6, 6.07) is 0. The van der Waals surface area contributed by atoms with Crippen LogP contribution in [0.25, 0.3) is 11.0 Å². The van der Waals surface area contributed by atoms with Crippen LogP contribution >= 0.6 is 0 Å². The van der Waals surface area contributed by atoms with Gasteiger partial charge in [0.05, 0.1) is 17.6 Å². The molecule has 1 aliphatic rings. The number of nitrogens with zero attached hydrogens (tertiary/aromatic N) is 3. The number of nitrogens with two attached hydrogens (primary N) is 1. The summed E-state index contributed by atoms with van der Waals surface area (Å²) in [5, 5.41) is 39.5. The van der Waals surface area contributed by atoms with E-state index in [1.165, 1.54) is 17.8 Å². The molecular formula is C15H18N4O5. The first-order chi connectivity index (χ1) is 11.4. The lowest BCUT2D eigenvalue weighted by Gasteiger charge is -2.27. The van der Waals surface area contributed by atoms with E-state index in [4.69, 9.17) is 15.6 Å². The molecule has 4 atom stereocenters. The molecule has 24 heavy (non-hydrogen) atoms. The lowest BCUT2D eigenvalue weighted by atomic mass is 9.96. The molecule has 2 aromatic rings. The van der Waals surface area contributed by atoms with Crippen LogP contribution in [0.4, 0.5) is 5.82 Å². The summed E-state index contributed by atoms with van der Waals surface area (Å²) in [7, 11) is 0. The normalized spacial score (nSPS) is 29.6. The highest BCUT2D eigenvalue weighted by molar-refractivity contribution is 5.92. The van der Waals surface area contributed by atoms with Crippen molar-refractivity contribution in [3.63, 3.8) is 0 Å². The van der Waals surface area contributed by atoms with Crippen molar-refractivity contribution in [1.82, 2.24) is 14.5 Å². The molecule has 128 valence electrons. The van der Waals surface area contributed by atoms with Crippen molar-refractivity contribution in [2.24, 2.45) is 0 Å². The lowest BCUT2D eigenvalue weighted by molar-refractivity contribution is -0.0948. The predicted octanol–water partition coefficient (Wildman–Crippen LogP) is -1.64. The molecule has 0 aromatic carbocycles. The molecule has 0 saturated carbocycles. The fourth-order valence-electron chi connectivity index (χ4n) is 2.91. The first kappa shape index (κ1) is 16.6. The number of fused-ring (bicyclic) bond motifs is 1. The van der Waals surface area contributed by atoms with Crippen molar-refractivity contribution in [3.05, 3.63) is 18.1 Å². The summed E-state index contributed by atoms with van der Waals surface area (Å²) in [6.07, 6.45) is -0.402. The van der Waals surface area contributed by atoms with Gasteiger partial charge in [-0.25, -0.2) is 9.97 Å². The maximum atomic E-state index is 10.6. The van der Waals surface area contributed by atoms with E-state index in [9.17, 15) is 15.3 Å². The largest absolute Gasteiger partial charge is 0.394 e. The Bertz CT molecular complexity index is 822. The average molecular weight is 334 g/mol. The van der Waals surface area contributed by atoms with Gasteiger partial charge in [0.1, 0.15) is 42.2 Å². The minimum atomic E-state index is -1.67. The number of nitrogen functional groups attached to an aromatic ring is 1. The minimum Gasteiger partial charge on any atom is -0.394 e. The molecule has 1 fully saturated rings. The van der Waals surface area contributed by atoms with Crippen molar-refractivity contribution in [2.45, 2.75) is 31.0 Å². The molecule has 0 aliphatic carbocycles. The molecular weight excluding hydrogens is 316 g/mol. The predicted molar refractivity (Wildman–Crippen MR) is 83.5 cm³/mol. The fourth-order valence-corrected chi connectivity index (χ4v) is 2.91. The number of aromatic nitrogens is 3. The molecule has 1 saturated heterocycles. The number of hydrogen-bond donors (Lipinski definition) is 5. The molecule has 6 N–H and O–H groups in total. The molecule has 2 aromatic heterocycles. The van der Waals surface area contributed by atoms with E-state index in [2.05, 4.69) is 21.8 Å². The zero-order valence-electron chi connectivity index (χ0n) is 12.9. The highest BCUT2D eigenvalue weighted by atomic mass is 16.6. The highest BCUT2D eigenvalue weighted by Gasteiger charge is 2.53. The first-order valence-corrected chi connectivity index (χ1v) is 7.29. The molecule has 0 radical (unpaired) electrons. The van der Waals surface area contributed by atoms with Crippen LogP contribution in [-0.2, 0) is 4.74 Å². The van der Waals surface area contributed by atoms with E-state index in [1.54, 1.807) is 6.20 Å². The zero-order valence-corrected chi connectivity index (χ0v) is 12.9. The van der Waals surface area contributed by atoms with Crippen LogP contribution in [0.5, 0.6) is 0 Å². The van der Waals surface area contributed by atoms with Crippen LogP contribution in [0.1, 0.15) is 18.7 Å². The van der Waals surface area contributed by atoms with Crippen molar-refractivity contribution < 1.29 is 25.2 Å². The Labute approximate surface area is 137 Å². The van der Waals surface area contributed by atoms with E-state index in [1.807, 2.05) is 0 Å². The smallest absolute Gasteiger partial charge is 0.167 e. The summed E-state index contributed by atoms with van der Waals surface area (Å²) < 4.78 is 7.10. The molecule has 0 spiro atoms. The average Bonchev–Trinajstić information content (AvgIpc) is 3.02. The van der Waals surface area contributed by atoms with Gasteiger partial charge in [-0.15, -0.1) is 0 Å². The second-order valence-corrected chi connectivity index (χ2v) is 5.75. The van der Waals surface area contributed by atoms with Crippen LogP contribution in [-0.4, -0.2) is 66.0 Å². The van der Waals surface area contributed by atoms with Crippen molar-refractivity contribution in [2.75, 3.05) is 18.9 Å². The van der Waals surface area contributed by atoms with Gasteiger partial charge in [-0.05, 0) is 6.92 Å². The van der Waals surface area contributed by atoms with Gasteiger partial charge in [-0.2, -0.15) is 0 Å². The summed E-state index contributed by atoms with van der Waals surface area (Å²) >= 11 is 0. The first-order valence-electron chi connectivity index (χ1n) is 7.29. The van der Waals surface area contributed by atoms with E-state index in [0.29, 0.717) is 16.6 Å². The molecule has 0 amide bonds. The lowest BCUT2D eigenvalue weighted by Crippen LogP contribution is -2.44. The minimum absolute atomic E-state index is 0.192. The molecule has 3 rings (SSSR count). The standard InChI is InChI=1S/C15H18N4O5/c1-15(23)11(22)9(6-21)24-14(15)19-5-8(3-2-4-20)10-12(16)17-7-18-13(10)19/h5,7,9,11,14,20-23H,4,6H2,1H3,(H2,16,17,18)/t9-,11-,14-,15-/m1/s1. The molecule has 0 unspecified atom stereocenters. The second kappa shape index (κ2) is 6.01. The van der Waals surface area contributed by atoms with Crippen LogP contribution < -0.4 is 5.73 Å². The van der Waals surface area contributed by atoms with Crippen LogP contribution in [0, 0.1) is 11.8 Å². The third kappa shape index (κ3) is 2.41. The van der Waals surface area contributed by atoms with Gasteiger partial charge in [0, 0.05) is 6.20 Å². The van der Waals surface area contributed by atoms with E-state index < -0.39 is 30.6 Å². The summed E-state index contributed by atoms with van der Waals surface area (Å²) in [5.41, 5.74) is 5.05. The number of ether oxygens (including phenoxy) is 1. The van der Waals surface area contributed by atoms with Crippen molar-refractivity contribution >= 4 is 16.9 Å². The van der Waals surface area contributed by atoms with Gasteiger partial charge in [-0.3, -0.25) is 0 Å².